The third-order valence-electron chi connectivity index (χ3n) is 2.27. The molecular formula is C13H16O4. The van der Waals surface area contributed by atoms with Crippen LogP contribution in [-0.4, -0.2) is 16.2 Å². The minimum Gasteiger partial charge on any atom is -0.422 e. The molecule has 0 fully saturated rings. The van der Waals surface area contributed by atoms with Crippen LogP contribution in [0.2, 0.25) is 0 Å². The van der Waals surface area contributed by atoms with Gasteiger partial charge in [-0.05, 0) is 13.8 Å². The van der Waals surface area contributed by atoms with Crippen molar-refractivity contribution in [2.24, 2.45) is 0 Å². The average Bonchev–Trinajstić information content (AvgIpc) is 2.30. The highest BCUT2D eigenvalue weighted by Gasteiger charge is 2.14. The number of aliphatic hydroxyl groups excluding tert-OH is 2. The lowest BCUT2D eigenvalue weighted by Crippen LogP contribution is -2.12. The van der Waals surface area contributed by atoms with E-state index in [1.807, 2.05) is 6.92 Å². The summed E-state index contributed by atoms with van der Waals surface area (Å²) in [5.41, 5.74) is 2.10. The fourth-order valence-electron chi connectivity index (χ4n) is 1.47. The van der Waals surface area contributed by atoms with Crippen molar-refractivity contribution in [3.63, 3.8) is 0 Å². The van der Waals surface area contributed by atoms with E-state index in [4.69, 9.17) is 4.74 Å². The summed E-state index contributed by atoms with van der Waals surface area (Å²) < 4.78 is 5.12. The molecule has 0 unspecified atom stereocenters. The molecule has 0 atom stereocenters. The van der Waals surface area contributed by atoms with Crippen molar-refractivity contribution in [3.8, 4) is 5.75 Å². The van der Waals surface area contributed by atoms with Gasteiger partial charge < -0.3 is 14.9 Å². The molecule has 0 radical (unpaired) electrons. The standard InChI is InChI=1S/C13H16O4/c1-8(2)13(16)17-12-10(6-14)4-9(3)5-11(12)7-15/h4-5,14-15H,1,6-7H2,2-3H3. The maximum atomic E-state index is 11.4. The molecule has 0 amide bonds. The lowest BCUT2D eigenvalue weighted by Gasteiger charge is -2.13. The van der Waals surface area contributed by atoms with Gasteiger partial charge >= 0.3 is 5.97 Å². The molecular weight excluding hydrogens is 220 g/mol. The first kappa shape index (κ1) is 13.4. The lowest BCUT2D eigenvalue weighted by atomic mass is 10.1. The Bertz CT molecular complexity index is 424. The first-order chi connectivity index (χ1) is 7.99. The van der Waals surface area contributed by atoms with Gasteiger partial charge in [-0.1, -0.05) is 24.3 Å². The molecule has 0 spiro atoms. The molecule has 0 aliphatic carbocycles. The fraction of sp³-hybridized carbons (Fsp3) is 0.308. The van der Waals surface area contributed by atoms with Gasteiger partial charge in [-0.3, -0.25) is 0 Å². The number of carbonyl (C=O) groups excluding carboxylic acids is 1. The molecule has 0 saturated carbocycles. The highest BCUT2D eigenvalue weighted by Crippen LogP contribution is 2.27. The largest absolute Gasteiger partial charge is 0.422 e. The molecule has 2 N–H and O–H groups in total. The summed E-state index contributed by atoms with van der Waals surface area (Å²) in [6.07, 6.45) is 0. The molecule has 0 bridgehead atoms. The number of rotatable bonds is 4. The van der Waals surface area contributed by atoms with Crippen molar-refractivity contribution in [2.45, 2.75) is 27.1 Å². The van der Waals surface area contributed by atoms with Crippen LogP contribution in [0.15, 0.2) is 24.3 Å². The zero-order valence-corrected chi connectivity index (χ0v) is 9.99. The van der Waals surface area contributed by atoms with Gasteiger partial charge in [0.15, 0.2) is 0 Å². The molecule has 0 aliphatic rings. The van der Waals surface area contributed by atoms with Gasteiger partial charge in [-0.15, -0.1) is 0 Å². The third kappa shape index (κ3) is 3.15. The van der Waals surface area contributed by atoms with E-state index in [1.54, 1.807) is 12.1 Å². The minimum atomic E-state index is -0.571. The van der Waals surface area contributed by atoms with E-state index >= 15 is 0 Å². The number of benzene rings is 1. The predicted molar refractivity (Wildman–Crippen MR) is 63.5 cm³/mol. The average molecular weight is 236 g/mol. The number of aryl methyl sites for hydroxylation is 1. The van der Waals surface area contributed by atoms with Gasteiger partial charge in [0.2, 0.25) is 0 Å². The van der Waals surface area contributed by atoms with Gasteiger partial charge in [0.1, 0.15) is 5.75 Å². The van der Waals surface area contributed by atoms with Crippen molar-refractivity contribution in [1.82, 2.24) is 0 Å². The van der Waals surface area contributed by atoms with E-state index in [0.717, 1.165) is 5.56 Å². The van der Waals surface area contributed by atoms with Gasteiger partial charge in [0.05, 0.1) is 13.2 Å². The number of hydrogen-bond acceptors (Lipinski definition) is 4. The van der Waals surface area contributed by atoms with Crippen LogP contribution in [0.1, 0.15) is 23.6 Å². The van der Waals surface area contributed by atoms with E-state index in [2.05, 4.69) is 6.58 Å². The minimum absolute atomic E-state index is 0.216. The van der Waals surface area contributed by atoms with Crippen molar-refractivity contribution < 1.29 is 19.7 Å². The summed E-state index contributed by atoms with van der Waals surface area (Å²) in [4.78, 5) is 11.4. The molecule has 0 aliphatic heterocycles. The molecule has 17 heavy (non-hydrogen) atoms. The zero-order valence-electron chi connectivity index (χ0n) is 9.99. The second-order valence-electron chi connectivity index (χ2n) is 3.90. The van der Waals surface area contributed by atoms with E-state index < -0.39 is 5.97 Å². The molecule has 92 valence electrons. The second kappa shape index (κ2) is 5.61. The number of hydrogen-bond donors (Lipinski definition) is 2. The Morgan fingerprint density at radius 1 is 1.29 bits per heavy atom. The summed E-state index contributed by atoms with van der Waals surface area (Å²) in [5, 5.41) is 18.4. The number of aliphatic hydroxyl groups is 2. The van der Waals surface area contributed by atoms with E-state index in [1.165, 1.54) is 6.92 Å². The molecule has 1 aromatic rings. The summed E-state index contributed by atoms with van der Waals surface area (Å²) in [7, 11) is 0. The monoisotopic (exact) mass is 236 g/mol. The fourth-order valence-corrected chi connectivity index (χ4v) is 1.47. The van der Waals surface area contributed by atoms with E-state index in [0.29, 0.717) is 11.1 Å². The third-order valence-corrected chi connectivity index (χ3v) is 2.27. The Morgan fingerprint density at radius 3 is 2.12 bits per heavy atom. The van der Waals surface area contributed by atoms with Crippen LogP contribution in [0.3, 0.4) is 0 Å². The van der Waals surface area contributed by atoms with E-state index in [-0.39, 0.29) is 24.5 Å². The van der Waals surface area contributed by atoms with Crippen molar-refractivity contribution in [1.29, 1.82) is 0 Å². The highest BCUT2D eigenvalue weighted by molar-refractivity contribution is 5.89. The summed E-state index contributed by atoms with van der Waals surface area (Å²) in [6, 6.07) is 3.42. The lowest BCUT2D eigenvalue weighted by molar-refractivity contribution is -0.130. The summed E-state index contributed by atoms with van der Waals surface area (Å²) in [5.74, 6) is -0.355. The Kier molecular flexibility index (Phi) is 4.43. The summed E-state index contributed by atoms with van der Waals surface area (Å²) in [6.45, 7) is 6.34. The molecule has 1 aromatic carbocycles. The van der Waals surface area contributed by atoms with Crippen LogP contribution in [0.5, 0.6) is 5.75 Å². The maximum Gasteiger partial charge on any atom is 0.338 e. The first-order valence-electron chi connectivity index (χ1n) is 5.21. The Hall–Kier alpha value is -1.65. The zero-order chi connectivity index (χ0) is 13.0. The first-order valence-corrected chi connectivity index (χ1v) is 5.21. The Balaban J connectivity index is 3.19. The van der Waals surface area contributed by atoms with Gasteiger partial charge in [0, 0.05) is 16.7 Å². The van der Waals surface area contributed by atoms with Crippen LogP contribution in [0, 0.1) is 6.92 Å². The Labute approximate surface area is 100 Å². The molecule has 0 heterocycles. The molecule has 0 aromatic heterocycles. The Morgan fingerprint density at radius 2 is 1.76 bits per heavy atom. The van der Waals surface area contributed by atoms with Crippen molar-refractivity contribution >= 4 is 5.97 Å². The number of carbonyl (C=O) groups is 1. The van der Waals surface area contributed by atoms with Gasteiger partial charge in [-0.2, -0.15) is 0 Å². The van der Waals surface area contributed by atoms with Gasteiger partial charge in [0.25, 0.3) is 0 Å². The highest BCUT2D eigenvalue weighted by atomic mass is 16.5. The van der Waals surface area contributed by atoms with Crippen LogP contribution < -0.4 is 4.74 Å². The normalized spacial score (nSPS) is 10.1. The van der Waals surface area contributed by atoms with Crippen LogP contribution in [0.4, 0.5) is 0 Å². The molecule has 1 rings (SSSR count). The van der Waals surface area contributed by atoms with Gasteiger partial charge in [-0.25, -0.2) is 4.79 Å². The number of ether oxygens (including phenoxy) is 1. The number of esters is 1. The molecule has 0 saturated heterocycles. The SMILES string of the molecule is C=C(C)C(=O)Oc1c(CO)cc(C)cc1CO. The van der Waals surface area contributed by atoms with Crippen molar-refractivity contribution in [2.75, 3.05) is 0 Å². The second-order valence-corrected chi connectivity index (χ2v) is 3.90. The summed E-state index contributed by atoms with van der Waals surface area (Å²) >= 11 is 0. The maximum absolute atomic E-state index is 11.4. The van der Waals surface area contributed by atoms with Crippen LogP contribution in [-0.2, 0) is 18.0 Å². The van der Waals surface area contributed by atoms with Crippen molar-refractivity contribution in [3.05, 3.63) is 41.0 Å². The molecule has 4 nitrogen and oxygen atoms in total. The molecule has 4 heteroatoms. The van der Waals surface area contributed by atoms with Crippen LogP contribution in [0.25, 0.3) is 0 Å². The quantitative estimate of drug-likeness (QED) is 0.472. The predicted octanol–water partition coefficient (Wildman–Crippen LogP) is 1.46. The van der Waals surface area contributed by atoms with E-state index in [9.17, 15) is 15.0 Å². The topological polar surface area (TPSA) is 66.8 Å². The van der Waals surface area contributed by atoms with Crippen LogP contribution >= 0.6 is 0 Å². The smallest absolute Gasteiger partial charge is 0.338 e.